The second-order valence-electron chi connectivity index (χ2n) is 2.90. The molecule has 0 aliphatic heterocycles. The van der Waals surface area contributed by atoms with Gasteiger partial charge in [0.2, 0.25) is 0 Å². The summed E-state index contributed by atoms with van der Waals surface area (Å²) in [6.45, 7) is 0.739. The lowest BCUT2D eigenvalue weighted by atomic mass is 10.4. The van der Waals surface area contributed by atoms with Crippen LogP contribution < -0.4 is 0 Å². The minimum absolute atomic E-state index is 0.0157. The van der Waals surface area contributed by atoms with E-state index in [4.69, 9.17) is 16.7 Å². The van der Waals surface area contributed by atoms with Crippen LogP contribution in [0.2, 0.25) is 4.34 Å². The fourth-order valence-corrected chi connectivity index (χ4v) is 2.29. The molecule has 0 spiro atoms. The first-order valence-electron chi connectivity index (χ1n) is 4.13. The molecule has 0 aromatic carbocycles. The summed E-state index contributed by atoms with van der Waals surface area (Å²) in [4.78, 5) is 5.20. The molecule has 2 aromatic rings. The van der Waals surface area contributed by atoms with Gasteiger partial charge in [0.05, 0.1) is 29.5 Å². The zero-order valence-electron chi connectivity index (χ0n) is 7.35. The highest BCUT2D eigenvalue weighted by Gasteiger charge is 2.00. The molecular formula is C9H9ClN2OS. The maximum atomic E-state index is 8.83. The second-order valence-corrected chi connectivity index (χ2v) is 4.70. The number of halogens is 1. The van der Waals surface area contributed by atoms with Crippen molar-refractivity contribution in [1.29, 1.82) is 0 Å². The van der Waals surface area contributed by atoms with Gasteiger partial charge in [0, 0.05) is 11.1 Å². The molecule has 0 amide bonds. The predicted molar refractivity (Wildman–Crippen MR) is 56.6 cm³/mol. The highest BCUT2D eigenvalue weighted by molar-refractivity contribution is 7.16. The summed E-state index contributed by atoms with van der Waals surface area (Å²) < 4.78 is 2.72. The molecule has 2 aromatic heterocycles. The van der Waals surface area contributed by atoms with E-state index >= 15 is 0 Å². The fraction of sp³-hybridized carbons (Fsp3) is 0.222. The zero-order chi connectivity index (χ0) is 9.97. The number of aromatic nitrogens is 2. The van der Waals surface area contributed by atoms with Crippen LogP contribution >= 0.6 is 22.9 Å². The quantitative estimate of drug-likeness (QED) is 0.874. The SMILES string of the molecule is OCc1cn(Cc2ccc(Cl)s2)cn1. The highest BCUT2D eigenvalue weighted by atomic mass is 35.5. The standard InChI is InChI=1S/C9H9ClN2OS/c10-9-2-1-8(14-9)4-12-3-7(5-13)11-6-12/h1-3,6,13H,4-5H2. The Kier molecular flexibility index (Phi) is 2.86. The van der Waals surface area contributed by atoms with E-state index < -0.39 is 0 Å². The molecule has 0 aliphatic carbocycles. The lowest BCUT2D eigenvalue weighted by Crippen LogP contribution is -1.93. The highest BCUT2D eigenvalue weighted by Crippen LogP contribution is 2.22. The Morgan fingerprint density at radius 2 is 2.36 bits per heavy atom. The molecule has 3 nitrogen and oxygen atoms in total. The van der Waals surface area contributed by atoms with E-state index in [-0.39, 0.29) is 6.61 Å². The van der Waals surface area contributed by atoms with E-state index in [1.165, 1.54) is 4.88 Å². The smallest absolute Gasteiger partial charge is 0.0953 e. The summed E-state index contributed by atoms with van der Waals surface area (Å²) in [6.07, 6.45) is 3.53. The summed E-state index contributed by atoms with van der Waals surface area (Å²) in [5, 5.41) is 8.83. The van der Waals surface area contributed by atoms with Crippen molar-refractivity contribution in [3.05, 3.63) is 39.6 Å². The number of aliphatic hydroxyl groups is 1. The van der Waals surface area contributed by atoms with Crippen LogP contribution in [0.25, 0.3) is 0 Å². The molecule has 0 fully saturated rings. The van der Waals surface area contributed by atoms with Crippen LogP contribution in [0.1, 0.15) is 10.6 Å². The molecule has 0 aliphatic rings. The van der Waals surface area contributed by atoms with E-state index in [1.54, 1.807) is 17.7 Å². The van der Waals surface area contributed by atoms with E-state index in [0.29, 0.717) is 5.69 Å². The van der Waals surface area contributed by atoms with Gasteiger partial charge in [-0.2, -0.15) is 0 Å². The normalized spacial score (nSPS) is 10.7. The van der Waals surface area contributed by atoms with Crippen LogP contribution in [0.15, 0.2) is 24.7 Å². The summed E-state index contributed by atoms with van der Waals surface area (Å²) in [6, 6.07) is 3.87. The van der Waals surface area contributed by atoms with Gasteiger partial charge in [-0.05, 0) is 12.1 Å². The van der Waals surface area contributed by atoms with Crippen LogP contribution in [0.3, 0.4) is 0 Å². The summed E-state index contributed by atoms with van der Waals surface area (Å²) in [5.74, 6) is 0. The molecule has 1 N–H and O–H groups in total. The first kappa shape index (κ1) is 9.71. The van der Waals surface area contributed by atoms with Crippen LogP contribution in [-0.4, -0.2) is 14.7 Å². The van der Waals surface area contributed by atoms with Crippen molar-refractivity contribution >= 4 is 22.9 Å². The number of hydrogen-bond donors (Lipinski definition) is 1. The molecule has 0 saturated carbocycles. The first-order valence-corrected chi connectivity index (χ1v) is 5.33. The molecule has 0 radical (unpaired) electrons. The van der Waals surface area contributed by atoms with Crippen molar-refractivity contribution < 1.29 is 5.11 Å². The topological polar surface area (TPSA) is 38.0 Å². The van der Waals surface area contributed by atoms with Crippen molar-refractivity contribution in [2.45, 2.75) is 13.2 Å². The Balaban J connectivity index is 2.10. The Bertz CT molecular complexity index is 424. The largest absolute Gasteiger partial charge is 0.390 e. The van der Waals surface area contributed by atoms with Crippen molar-refractivity contribution in [3.63, 3.8) is 0 Å². The third kappa shape index (κ3) is 2.15. The van der Waals surface area contributed by atoms with Gasteiger partial charge in [0.1, 0.15) is 0 Å². The minimum Gasteiger partial charge on any atom is -0.390 e. The van der Waals surface area contributed by atoms with Gasteiger partial charge in [-0.3, -0.25) is 0 Å². The maximum absolute atomic E-state index is 8.83. The first-order chi connectivity index (χ1) is 6.78. The maximum Gasteiger partial charge on any atom is 0.0953 e. The van der Waals surface area contributed by atoms with E-state index in [9.17, 15) is 0 Å². The van der Waals surface area contributed by atoms with E-state index in [1.807, 2.05) is 22.9 Å². The molecule has 0 unspecified atom stereocenters. The minimum atomic E-state index is -0.0157. The van der Waals surface area contributed by atoms with Crippen molar-refractivity contribution in [2.75, 3.05) is 0 Å². The van der Waals surface area contributed by atoms with Gasteiger partial charge in [0.25, 0.3) is 0 Å². The van der Waals surface area contributed by atoms with Gasteiger partial charge in [-0.15, -0.1) is 11.3 Å². The zero-order valence-corrected chi connectivity index (χ0v) is 8.92. The number of aliphatic hydroxyl groups excluding tert-OH is 1. The third-order valence-corrected chi connectivity index (χ3v) is 3.03. The average Bonchev–Trinajstić information content (AvgIpc) is 2.76. The van der Waals surface area contributed by atoms with Crippen LogP contribution in [-0.2, 0) is 13.2 Å². The summed E-state index contributed by atoms with van der Waals surface area (Å²) in [5.41, 5.74) is 0.688. The van der Waals surface area contributed by atoms with E-state index in [2.05, 4.69) is 4.98 Å². The average molecular weight is 229 g/mol. The van der Waals surface area contributed by atoms with Gasteiger partial charge >= 0.3 is 0 Å². The lowest BCUT2D eigenvalue weighted by Gasteiger charge is -1.96. The van der Waals surface area contributed by atoms with Crippen molar-refractivity contribution in [1.82, 2.24) is 9.55 Å². The number of thiophene rings is 1. The lowest BCUT2D eigenvalue weighted by molar-refractivity contribution is 0.277. The monoisotopic (exact) mass is 228 g/mol. The molecule has 0 atom stereocenters. The van der Waals surface area contributed by atoms with Crippen LogP contribution in [0.4, 0.5) is 0 Å². The number of imidazole rings is 1. The Morgan fingerprint density at radius 1 is 1.50 bits per heavy atom. The van der Waals surface area contributed by atoms with Crippen molar-refractivity contribution in [2.24, 2.45) is 0 Å². The predicted octanol–water partition coefficient (Wildman–Crippen LogP) is 2.14. The second kappa shape index (κ2) is 4.13. The van der Waals surface area contributed by atoms with Gasteiger partial charge in [0.15, 0.2) is 0 Å². The molecule has 2 rings (SSSR count). The number of nitrogens with zero attached hydrogens (tertiary/aromatic N) is 2. The molecular weight excluding hydrogens is 220 g/mol. The molecule has 0 bridgehead atoms. The molecule has 2 heterocycles. The van der Waals surface area contributed by atoms with Crippen LogP contribution in [0, 0.1) is 0 Å². The number of rotatable bonds is 3. The molecule has 5 heteroatoms. The van der Waals surface area contributed by atoms with Crippen LogP contribution in [0.5, 0.6) is 0 Å². The summed E-state index contributed by atoms with van der Waals surface area (Å²) in [7, 11) is 0. The van der Waals surface area contributed by atoms with Crippen molar-refractivity contribution in [3.8, 4) is 0 Å². The third-order valence-electron chi connectivity index (χ3n) is 1.82. The van der Waals surface area contributed by atoms with E-state index in [0.717, 1.165) is 10.9 Å². The Labute approximate surface area is 90.6 Å². The van der Waals surface area contributed by atoms with Gasteiger partial charge in [-0.1, -0.05) is 11.6 Å². The molecule has 0 saturated heterocycles. The number of hydrogen-bond acceptors (Lipinski definition) is 3. The fourth-order valence-electron chi connectivity index (χ4n) is 1.19. The molecule has 14 heavy (non-hydrogen) atoms. The molecule has 74 valence electrons. The Hall–Kier alpha value is -0.840. The summed E-state index contributed by atoms with van der Waals surface area (Å²) >= 11 is 7.37. The Morgan fingerprint density at radius 3 is 2.93 bits per heavy atom. The van der Waals surface area contributed by atoms with Gasteiger partial charge < -0.3 is 9.67 Å². The van der Waals surface area contributed by atoms with Gasteiger partial charge in [-0.25, -0.2) is 4.98 Å².